The summed E-state index contributed by atoms with van der Waals surface area (Å²) in [4.78, 5) is 25.7. The second-order valence-corrected chi connectivity index (χ2v) is 11.4. The number of carbonyl (C=O) groups excluding carboxylic acids is 2. The fourth-order valence-corrected chi connectivity index (χ4v) is 6.06. The molecule has 1 unspecified atom stereocenters. The standard InChI is InChI=1S/C20H27F5O8S/c1-11(2)32-16(27)19(20(23,24)25,31-4-3-18(21,22)34(28,29)30)33-15(26)17-8-12-5-13(9-17)7-14(6-12)10-17/h11-14H,3-10H2,1-2H3,(H,28,29,30). The summed E-state index contributed by atoms with van der Waals surface area (Å²) in [6, 6.07) is 0. The smallest absolute Gasteiger partial charge is 0.458 e. The first-order valence-corrected chi connectivity index (χ1v) is 12.3. The van der Waals surface area contributed by atoms with Gasteiger partial charge in [0.05, 0.1) is 24.5 Å². The first-order valence-electron chi connectivity index (χ1n) is 10.9. The van der Waals surface area contributed by atoms with Crippen molar-refractivity contribution in [2.75, 3.05) is 6.61 Å². The molecule has 1 atom stereocenters. The van der Waals surface area contributed by atoms with Gasteiger partial charge in [0.1, 0.15) is 0 Å². The van der Waals surface area contributed by atoms with E-state index in [1.807, 2.05) is 0 Å². The van der Waals surface area contributed by atoms with E-state index in [9.17, 15) is 40.0 Å². The Kier molecular flexibility index (Phi) is 7.03. The number of hydrogen-bond acceptors (Lipinski definition) is 7. The highest BCUT2D eigenvalue weighted by Crippen LogP contribution is 2.61. The summed E-state index contributed by atoms with van der Waals surface area (Å²) in [7, 11) is -5.97. The summed E-state index contributed by atoms with van der Waals surface area (Å²) in [6.07, 6.45) is -5.38. The third-order valence-corrected chi connectivity index (χ3v) is 7.73. The van der Waals surface area contributed by atoms with Crippen molar-refractivity contribution in [2.45, 2.75) is 82.1 Å². The molecule has 4 bridgehead atoms. The highest BCUT2D eigenvalue weighted by molar-refractivity contribution is 7.86. The van der Waals surface area contributed by atoms with E-state index in [0.717, 1.165) is 19.3 Å². The lowest BCUT2D eigenvalue weighted by atomic mass is 9.49. The SMILES string of the molecule is CC(C)OC(=O)C(OCCC(F)(F)S(=O)(=O)O)(OC(=O)C12CC3CC(CC(C3)C1)C2)C(F)(F)F. The van der Waals surface area contributed by atoms with E-state index in [0.29, 0.717) is 0 Å². The summed E-state index contributed by atoms with van der Waals surface area (Å²) in [6.45, 7) is 0.729. The van der Waals surface area contributed by atoms with Crippen LogP contribution < -0.4 is 0 Å². The third kappa shape index (κ3) is 5.03. The molecule has 0 radical (unpaired) electrons. The summed E-state index contributed by atoms with van der Waals surface area (Å²) >= 11 is 0. The van der Waals surface area contributed by atoms with Gasteiger partial charge in [-0.05, 0) is 70.1 Å². The minimum Gasteiger partial charge on any atom is -0.458 e. The van der Waals surface area contributed by atoms with Gasteiger partial charge in [-0.2, -0.15) is 30.4 Å². The molecule has 14 heteroatoms. The topological polar surface area (TPSA) is 116 Å². The second kappa shape index (κ2) is 8.84. The van der Waals surface area contributed by atoms with Crippen LogP contribution in [-0.2, 0) is 33.9 Å². The number of hydrogen-bond donors (Lipinski definition) is 1. The zero-order chi connectivity index (χ0) is 25.7. The summed E-state index contributed by atoms with van der Waals surface area (Å²) in [5.74, 6) is -7.48. The van der Waals surface area contributed by atoms with Crippen molar-refractivity contribution in [2.24, 2.45) is 23.2 Å². The summed E-state index contributed by atoms with van der Waals surface area (Å²) in [5.41, 5.74) is -1.26. The van der Waals surface area contributed by atoms with Gasteiger partial charge in [-0.15, -0.1) is 0 Å². The van der Waals surface area contributed by atoms with Crippen molar-refractivity contribution in [1.82, 2.24) is 0 Å². The normalized spacial score (nSPS) is 30.8. The lowest BCUT2D eigenvalue weighted by Gasteiger charge is -2.55. The molecular formula is C20H27F5O8S. The van der Waals surface area contributed by atoms with E-state index in [1.165, 1.54) is 13.8 Å². The number of halogens is 5. The van der Waals surface area contributed by atoms with E-state index in [4.69, 9.17) is 9.29 Å². The maximum atomic E-state index is 14.2. The lowest BCUT2D eigenvalue weighted by Crippen LogP contribution is -2.61. The van der Waals surface area contributed by atoms with Gasteiger partial charge in [0.25, 0.3) is 0 Å². The minimum atomic E-state index is -5.97. The van der Waals surface area contributed by atoms with Gasteiger partial charge in [-0.3, -0.25) is 9.35 Å². The van der Waals surface area contributed by atoms with Crippen molar-refractivity contribution in [3.05, 3.63) is 0 Å². The van der Waals surface area contributed by atoms with E-state index in [1.54, 1.807) is 0 Å². The van der Waals surface area contributed by atoms with Crippen molar-refractivity contribution in [1.29, 1.82) is 0 Å². The van der Waals surface area contributed by atoms with Crippen LogP contribution in [0.5, 0.6) is 0 Å². The van der Waals surface area contributed by atoms with E-state index in [-0.39, 0.29) is 37.0 Å². The van der Waals surface area contributed by atoms with Crippen LogP contribution in [-0.4, -0.2) is 54.8 Å². The fraction of sp³-hybridized carbons (Fsp3) is 0.900. The second-order valence-electron chi connectivity index (χ2n) is 9.87. The molecule has 196 valence electrons. The van der Waals surface area contributed by atoms with Gasteiger partial charge in [0.15, 0.2) is 0 Å². The van der Waals surface area contributed by atoms with E-state index in [2.05, 4.69) is 9.47 Å². The lowest BCUT2D eigenvalue weighted by molar-refractivity contribution is -0.361. The summed E-state index contributed by atoms with van der Waals surface area (Å²) in [5, 5.41) is -4.86. The molecule has 0 amide bonds. The van der Waals surface area contributed by atoms with Crippen LogP contribution in [0.1, 0.15) is 58.8 Å². The molecule has 4 aliphatic carbocycles. The highest BCUT2D eigenvalue weighted by Gasteiger charge is 2.70. The van der Waals surface area contributed by atoms with Gasteiger partial charge in [-0.25, -0.2) is 4.79 Å². The Bertz CT molecular complexity index is 881. The largest absolute Gasteiger partial charge is 0.468 e. The number of ether oxygens (including phenoxy) is 3. The number of esters is 2. The minimum absolute atomic E-state index is 0.135. The molecule has 1 N–H and O–H groups in total. The Morgan fingerprint density at radius 3 is 1.85 bits per heavy atom. The first kappa shape index (κ1) is 27.1. The van der Waals surface area contributed by atoms with E-state index >= 15 is 0 Å². The van der Waals surface area contributed by atoms with Gasteiger partial charge in [0, 0.05) is 0 Å². The molecule has 34 heavy (non-hydrogen) atoms. The van der Waals surface area contributed by atoms with Crippen LogP contribution in [0, 0.1) is 23.2 Å². The Labute approximate surface area is 193 Å². The van der Waals surface area contributed by atoms with Crippen LogP contribution in [0.15, 0.2) is 0 Å². The molecule has 0 aromatic heterocycles. The van der Waals surface area contributed by atoms with Crippen LogP contribution in [0.4, 0.5) is 22.0 Å². The maximum Gasteiger partial charge on any atom is 0.468 e. The Balaban J connectivity index is 1.90. The molecule has 4 rings (SSSR count). The molecule has 0 aromatic carbocycles. The molecule has 0 aliphatic heterocycles. The molecule has 0 aromatic rings. The molecule has 8 nitrogen and oxygen atoms in total. The number of alkyl halides is 5. The highest BCUT2D eigenvalue weighted by atomic mass is 32.2. The van der Waals surface area contributed by atoms with Crippen LogP contribution >= 0.6 is 0 Å². The third-order valence-electron chi connectivity index (χ3n) is 6.77. The van der Waals surface area contributed by atoms with Crippen molar-refractivity contribution < 1.29 is 58.7 Å². The average Bonchev–Trinajstić information content (AvgIpc) is 2.63. The predicted octanol–water partition coefficient (Wildman–Crippen LogP) is 3.84. The average molecular weight is 522 g/mol. The summed E-state index contributed by atoms with van der Waals surface area (Å²) < 4.78 is 114. The molecule has 0 spiro atoms. The van der Waals surface area contributed by atoms with Crippen LogP contribution in [0.2, 0.25) is 0 Å². The van der Waals surface area contributed by atoms with Crippen molar-refractivity contribution in [3.8, 4) is 0 Å². The first-order chi connectivity index (χ1) is 15.4. The number of carbonyl (C=O) groups is 2. The van der Waals surface area contributed by atoms with Gasteiger partial charge in [-0.1, -0.05) is 0 Å². The van der Waals surface area contributed by atoms with Gasteiger partial charge in [0.2, 0.25) is 0 Å². The van der Waals surface area contributed by atoms with Crippen LogP contribution in [0.25, 0.3) is 0 Å². The monoisotopic (exact) mass is 522 g/mol. The molecule has 0 saturated heterocycles. The Morgan fingerprint density at radius 2 is 1.47 bits per heavy atom. The molecule has 4 aliphatic rings. The van der Waals surface area contributed by atoms with Crippen molar-refractivity contribution >= 4 is 22.1 Å². The molecule has 4 fully saturated rings. The maximum absolute atomic E-state index is 14.2. The zero-order valence-electron chi connectivity index (χ0n) is 18.6. The van der Waals surface area contributed by atoms with Crippen molar-refractivity contribution in [3.63, 3.8) is 0 Å². The Morgan fingerprint density at radius 1 is 1.00 bits per heavy atom. The van der Waals surface area contributed by atoms with E-state index < -0.39 is 63.8 Å². The van der Waals surface area contributed by atoms with Gasteiger partial charge >= 0.3 is 39.3 Å². The van der Waals surface area contributed by atoms with Crippen LogP contribution in [0.3, 0.4) is 0 Å². The number of rotatable bonds is 9. The quantitative estimate of drug-likeness (QED) is 0.210. The molecular weight excluding hydrogens is 495 g/mol. The van der Waals surface area contributed by atoms with Gasteiger partial charge < -0.3 is 14.2 Å². The fourth-order valence-electron chi connectivity index (χ4n) is 5.72. The zero-order valence-corrected chi connectivity index (χ0v) is 19.4. The molecule has 0 heterocycles. The Hall–Kier alpha value is -1.54. The predicted molar refractivity (Wildman–Crippen MR) is 104 cm³/mol. The molecule has 4 saturated carbocycles.